The van der Waals surface area contributed by atoms with Crippen LogP contribution < -0.4 is 0 Å². The quantitative estimate of drug-likeness (QED) is 0.455. The van der Waals surface area contributed by atoms with Gasteiger partial charge in [-0.15, -0.1) is 0 Å². The molecule has 0 aromatic heterocycles. The molecular weight excluding hydrogens is 316 g/mol. The van der Waals surface area contributed by atoms with Crippen molar-refractivity contribution >= 4 is 17.7 Å². The van der Waals surface area contributed by atoms with Crippen molar-refractivity contribution in [3.63, 3.8) is 0 Å². The zero-order valence-electron chi connectivity index (χ0n) is 12.3. The average Bonchev–Trinajstić information content (AvgIpc) is 2.60. The Morgan fingerprint density at radius 2 is 1.42 bits per heavy atom. The lowest BCUT2D eigenvalue weighted by atomic mass is 9.84. The number of rotatable bonds is 6. The molecule has 7 nitrogen and oxygen atoms in total. The Bertz CT molecular complexity index is 785. The first-order chi connectivity index (χ1) is 11.3. The standard InChI is InChI=1S/C17H14O7/c18-13(17(24,16(22)23)14(19)15(20)21)12-9-5-4-8-11(12)10-6-2-1-3-7-10/h1-9,14,19,24H,(H,20,21)(H,22,23). The number of ketones is 1. The summed E-state index contributed by atoms with van der Waals surface area (Å²) in [5, 5.41) is 37.7. The highest BCUT2D eigenvalue weighted by Crippen LogP contribution is 2.28. The molecule has 2 rings (SSSR count). The van der Waals surface area contributed by atoms with Crippen molar-refractivity contribution in [3.8, 4) is 11.1 Å². The number of aliphatic hydroxyl groups is 2. The first kappa shape index (κ1) is 17.3. The second kappa shape index (κ2) is 6.61. The molecule has 0 fully saturated rings. The van der Waals surface area contributed by atoms with E-state index in [4.69, 9.17) is 10.2 Å². The van der Waals surface area contributed by atoms with E-state index in [1.807, 2.05) is 0 Å². The molecule has 0 bridgehead atoms. The largest absolute Gasteiger partial charge is 0.479 e. The lowest BCUT2D eigenvalue weighted by Crippen LogP contribution is -2.59. The van der Waals surface area contributed by atoms with Crippen LogP contribution in [0.25, 0.3) is 11.1 Å². The molecule has 0 saturated heterocycles. The Morgan fingerprint density at radius 1 is 0.875 bits per heavy atom. The maximum atomic E-state index is 12.6. The molecule has 24 heavy (non-hydrogen) atoms. The number of hydrogen-bond donors (Lipinski definition) is 4. The molecule has 0 heterocycles. The predicted molar refractivity (Wildman–Crippen MR) is 82.4 cm³/mol. The summed E-state index contributed by atoms with van der Waals surface area (Å²) in [5.74, 6) is -5.58. The van der Waals surface area contributed by atoms with Gasteiger partial charge in [-0.1, -0.05) is 54.6 Å². The van der Waals surface area contributed by atoms with Crippen molar-refractivity contribution in [1.82, 2.24) is 0 Å². The molecule has 0 spiro atoms. The van der Waals surface area contributed by atoms with Gasteiger partial charge in [-0.3, -0.25) is 4.79 Å². The molecule has 0 aliphatic heterocycles. The minimum Gasteiger partial charge on any atom is -0.479 e. The van der Waals surface area contributed by atoms with Crippen LogP contribution in [0.3, 0.4) is 0 Å². The number of aliphatic carboxylic acids is 2. The Balaban J connectivity index is 2.61. The van der Waals surface area contributed by atoms with Crippen molar-refractivity contribution in [2.24, 2.45) is 0 Å². The average molecular weight is 330 g/mol. The second-order valence-electron chi connectivity index (χ2n) is 5.05. The second-order valence-corrected chi connectivity index (χ2v) is 5.05. The molecule has 0 amide bonds. The minimum absolute atomic E-state index is 0.214. The Labute approximate surface area is 136 Å². The normalized spacial score (nSPS) is 14.4. The first-order valence-electron chi connectivity index (χ1n) is 6.86. The first-order valence-corrected chi connectivity index (χ1v) is 6.86. The van der Waals surface area contributed by atoms with Crippen molar-refractivity contribution in [2.45, 2.75) is 11.7 Å². The summed E-state index contributed by atoms with van der Waals surface area (Å²) in [7, 11) is 0. The van der Waals surface area contributed by atoms with E-state index in [2.05, 4.69) is 0 Å². The summed E-state index contributed by atoms with van der Waals surface area (Å²) in [4.78, 5) is 34.8. The van der Waals surface area contributed by atoms with Crippen LogP contribution in [0, 0.1) is 0 Å². The molecule has 2 aromatic rings. The van der Waals surface area contributed by atoms with Gasteiger partial charge in [0.2, 0.25) is 5.78 Å². The van der Waals surface area contributed by atoms with E-state index in [1.54, 1.807) is 36.4 Å². The number of aliphatic hydroxyl groups excluding tert-OH is 1. The molecule has 0 radical (unpaired) electrons. The van der Waals surface area contributed by atoms with E-state index in [-0.39, 0.29) is 5.56 Å². The van der Waals surface area contributed by atoms with Gasteiger partial charge < -0.3 is 20.4 Å². The fourth-order valence-electron chi connectivity index (χ4n) is 2.27. The molecule has 0 aliphatic rings. The molecule has 0 saturated carbocycles. The third-order valence-electron chi connectivity index (χ3n) is 3.56. The van der Waals surface area contributed by atoms with Gasteiger partial charge in [0.25, 0.3) is 5.60 Å². The smallest absolute Gasteiger partial charge is 0.347 e. The SMILES string of the molecule is O=C(O)C(O)C(O)(C(=O)O)C(=O)c1ccccc1-c1ccccc1. The number of carbonyl (C=O) groups is 3. The molecule has 0 aliphatic carbocycles. The van der Waals surface area contributed by atoms with Gasteiger partial charge in [0.1, 0.15) is 0 Å². The third-order valence-corrected chi connectivity index (χ3v) is 3.56. The summed E-state index contributed by atoms with van der Waals surface area (Å²) >= 11 is 0. The van der Waals surface area contributed by atoms with Crippen LogP contribution in [-0.4, -0.2) is 49.9 Å². The highest BCUT2D eigenvalue weighted by molar-refractivity contribution is 6.19. The van der Waals surface area contributed by atoms with E-state index in [1.165, 1.54) is 18.2 Å². The summed E-state index contributed by atoms with van der Waals surface area (Å²) in [5.41, 5.74) is -2.84. The van der Waals surface area contributed by atoms with Crippen LogP contribution in [-0.2, 0) is 9.59 Å². The van der Waals surface area contributed by atoms with Gasteiger partial charge in [-0.2, -0.15) is 0 Å². The fourth-order valence-corrected chi connectivity index (χ4v) is 2.27. The predicted octanol–water partition coefficient (Wildman–Crippen LogP) is 0.798. The third kappa shape index (κ3) is 2.90. The van der Waals surface area contributed by atoms with Gasteiger partial charge >= 0.3 is 11.9 Å². The molecular formula is C17H14O7. The maximum absolute atomic E-state index is 12.6. The summed E-state index contributed by atoms with van der Waals surface area (Å²) < 4.78 is 0. The molecule has 124 valence electrons. The maximum Gasteiger partial charge on any atom is 0.347 e. The van der Waals surface area contributed by atoms with Gasteiger partial charge in [-0.05, 0) is 11.1 Å². The lowest BCUT2D eigenvalue weighted by molar-refractivity contribution is -0.175. The van der Waals surface area contributed by atoms with Gasteiger partial charge in [0.15, 0.2) is 6.10 Å². The molecule has 4 N–H and O–H groups in total. The highest BCUT2D eigenvalue weighted by Gasteiger charge is 2.55. The van der Waals surface area contributed by atoms with E-state index < -0.39 is 29.4 Å². The van der Waals surface area contributed by atoms with Crippen LogP contribution in [0.15, 0.2) is 54.6 Å². The molecule has 2 aromatic carbocycles. The van der Waals surface area contributed by atoms with E-state index in [9.17, 15) is 24.6 Å². The zero-order chi connectivity index (χ0) is 17.9. The number of carbonyl (C=O) groups excluding carboxylic acids is 1. The van der Waals surface area contributed by atoms with Crippen molar-refractivity contribution in [3.05, 3.63) is 60.2 Å². The van der Waals surface area contributed by atoms with Crippen LogP contribution >= 0.6 is 0 Å². The van der Waals surface area contributed by atoms with Crippen molar-refractivity contribution < 1.29 is 34.8 Å². The van der Waals surface area contributed by atoms with Gasteiger partial charge in [0.05, 0.1) is 0 Å². The van der Waals surface area contributed by atoms with Gasteiger partial charge in [-0.25, -0.2) is 9.59 Å². The van der Waals surface area contributed by atoms with Crippen LogP contribution in [0.4, 0.5) is 0 Å². The van der Waals surface area contributed by atoms with E-state index in [0.29, 0.717) is 11.1 Å². The highest BCUT2D eigenvalue weighted by atomic mass is 16.4. The number of hydrogen-bond acceptors (Lipinski definition) is 5. The number of benzene rings is 2. The summed E-state index contributed by atoms with van der Waals surface area (Å²) in [6.07, 6.45) is -2.81. The van der Waals surface area contributed by atoms with Crippen molar-refractivity contribution in [1.29, 1.82) is 0 Å². The lowest BCUT2D eigenvalue weighted by Gasteiger charge is -2.25. The van der Waals surface area contributed by atoms with Crippen LogP contribution in [0.2, 0.25) is 0 Å². The Morgan fingerprint density at radius 3 is 1.96 bits per heavy atom. The number of carboxylic acid groups (broad SMARTS) is 2. The summed E-state index contributed by atoms with van der Waals surface area (Å²) in [6.45, 7) is 0. The van der Waals surface area contributed by atoms with Crippen molar-refractivity contribution in [2.75, 3.05) is 0 Å². The van der Waals surface area contributed by atoms with E-state index in [0.717, 1.165) is 0 Å². The topological polar surface area (TPSA) is 132 Å². The fraction of sp³-hybridized carbons (Fsp3) is 0.118. The number of carboxylic acids is 2. The molecule has 2 atom stereocenters. The monoisotopic (exact) mass is 330 g/mol. The molecule has 7 heteroatoms. The Hall–Kier alpha value is -3.03. The Kier molecular flexibility index (Phi) is 4.77. The van der Waals surface area contributed by atoms with Crippen LogP contribution in [0.5, 0.6) is 0 Å². The van der Waals surface area contributed by atoms with E-state index >= 15 is 0 Å². The van der Waals surface area contributed by atoms with Gasteiger partial charge in [0, 0.05) is 5.56 Å². The summed E-state index contributed by atoms with van der Waals surface area (Å²) in [6, 6.07) is 14.3. The molecule has 2 unspecified atom stereocenters. The minimum atomic E-state index is -3.50. The van der Waals surface area contributed by atoms with Crippen LogP contribution in [0.1, 0.15) is 10.4 Å². The number of Topliss-reactive ketones (excluding diaryl/α,β-unsaturated/α-hetero) is 1. The zero-order valence-corrected chi connectivity index (χ0v) is 12.3.